The van der Waals surface area contributed by atoms with Crippen LogP contribution in [0.1, 0.15) is 58.9 Å². The Labute approximate surface area is 136 Å². The molecule has 3 nitrogen and oxygen atoms in total. The van der Waals surface area contributed by atoms with Crippen LogP contribution >= 0.6 is 0 Å². The first-order valence-electron chi connectivity index (χ1n) is 8.26. The van der Waals surface area contributed by atoms with E-state index < -0.39 is 0 Å². The molecule has 0 aromatic heterocycles. The lowest BCUT2D eigenvalue weighted by atomic mass is 9.95. The SMILES string of the molecule is CCC(C)CCCC(C)(C)OCc1ccc(OC)c(OC)c1. The van der Waals surface area contributed by atoms with Gasteiger partial charge in [-0.25, -0.2) is 0 Å². The van der Waals surface area contributed by atoms with Gasteiger partial charge in [-0.15, -0.1) is 0 Å². The quantitative estimate of drug-likeness (QED) is 0.593. The molecule has 0 aliphatic heterocycles. The van der Waals surface area contributed by atoms with E-state index in [4.69, 9.17) is 14.2 Å². The molecule has 1 rings (SSSR count). The molecule has 3 heteroatoms. The van der Waals surface area contributed by atoms with Crippen LogP contribution in [-0.4, -0.2) is 19.8 Å². The van der Waals surface area contributed by atoms with E-state index in [1.807, 2.05) is 18.2 Å². The molecule has 1 aromatic rings. The Morgan fingerprint density at radius 2 is 1.77 bits per heavy atom. The molecule has 0 N–H and O–H groups in total. The van der Waals surface area contributed by atoms with E-state index >= 15 is 0 Å². The average Bonchev–Trinajstić information content (AvgIpc) is 2.52. The molecule has 0 bridgehead atoms. The molecule has 1 atom stereocenters. The van der Waals surface area contributed by atoms with E-state index in [0.717, 1.165) is 29.4 Å². The molecule has 0 aliphatic rings. The van der Waals surface area contributed by atoms with Gasteiger partial charge in [-0.1, -0.05) is 39.2 Å². The van der Waals surface area contributed by atoms with Crippen molar-refractivity contribution in [2.24, 2.45) is 5.92 Å². The molecule has 0 fully saturated rings. The molecule has 126 valence electrons. The maximum atomic E-state index is 6.11. The van der Waals surface area contributed by atoms with E-state index in [1.54, 1.807) is 14.2 Å². The first-order chi connectivity index (χ1) is 10.4. The third-order valence-electron chi connectivity index (χ3n) is 4.25. The van der Waals surface area contributed by atoms with Gasteiger partial charge in [-0.3, -0.25) is 0 Å². The van der Waals surface area contributed by atoms with Gasteiger partial charge >= 0.3 is 0 Å². The minimum Gasteiger partial charge on any atom is -0.493 e. The molecule has 0 saturated carbocycles. The Morgan fingerprint density at radius 1 is 1.09 bits per heavy atom. The smallest absolute Gasteiger partial charge is 0.161 e. The monoisotopic (exact) mass is 308 g/mol. The van der Waals surface area contributed by atoms with Gasteiger partial charge in [0.05, 0.1) is 26.4 Å². The highest BCUT2D eigenvalue weighted by molar-refractivity contribution is 5.42. The second kappa shape index (κ2) is 9.04. The van der Waals surface area contributed by atoms with Crippen molar-refractivity contribution in [1.29, 1.82) is 0 Å². The van der Waals surface area contributed by atoms with Crippen LogP contribution in [0.4, 0.5) is 0 Å². The molecule has 1 unspecified atom stereocenters. The fourth-order valence-corrected chi connectivity index (χ4v) is 2.40. The van der Waals surface area contributed by atoms with Gasteiger partial charge < -0.3 is 14.2 Å². The van der Waals surface area contributed by atoms with Crippen LogP contribution in [-0.2, 0) is 11.3 Å². The van der Waals surface area contributed by atoms with Crippen molar-refractivity contribution in [2.75, 3.05) is 14.2 Å². The molecule has 0 radical (unpaired) electrons. The summed E-state index contributed by atoms with van der Waals surface area (Å²) in [6.07, 6.45) is 4.84. The summed E-state index contributed by atoms with van der Waals surface area (Å²) in [5.41, 5.74) is 1.01. The number of methoxy groups -OCH3 is 2. The van der Waals surface area contributed by atoms with Gasteiger partial charge in [0.2, 0.25) is 0 Å². The summed E-state index contributed by atoms with van der Waals surface area (Å²) in [5.74, 6) is 2.30. The number of hydrogen-bond acceptors (Lipinski definition) is 3. The molecule has 1 aromatic carbocycles. The number of rotatable bonds is 10. The zero-order chi connectivity index (χ0) is 16.6. The van der Waals surface area contributed by atoms with Crippen molar-refractivity contribution < 1.29 is 14.2 Å². The molecule has 0 aliphatic carbocycles. The number of hydrogen-bond donors (Lipinski definition) is 0. The van der Waals surface area contributed by atoms with Gasteiger partial charge in [-0.05, 0) is 43.9 Å². The standard InChI is InChI=1S/C19H32O3/c1-7-15(2)9-8-12-19(3,4)22-14-16-10-11-17(20-5)18(13-16)21-6/h10-11,13,15H,7-9,12,14H2,1-6H3. The summed E-state index contributed by atoms with van der Waals surface area (Å²) in [6, 6.07) is 5.93. The predicted octanol–water partition coefficient (Wildman–Crippen LogP) is 5.22. The summed E-state index contributed by atoms with van der Waals surface area (Å²) in [5, 5.41) is 0. The van der Waals surface area contributed by atoms with E-state index in [0.29, 0.717) is 6.61 Å². The Balaban J connectivity index is 2.50. The zero-order valence-corrected chi connectivity index (χ0v) is 15.1. The molecule has 0 saturated heterocycles. The van der Waals surface area contributed by atoms with E-state index in [-0.39, 0.29) is 5.60 Å². The Kier molecular flexibility index (Phi) is 7.74. The average molecular weight is 308 g/mol. The molecular weight excluding hydrogens is 276 g/mol. The van der Waals surface area contributed by atoms with Crippen LogP contribution in [0.25, 0.3) is 0 Å². The van der Waals surface area contributed by atoms with Crippen molar-refractivity contribution in [3.63, 3.8) is 0 Å². The summed E-state index contributed by atoms with van der Waals surface area (Å²) >= 11 is 0. The van der Waals surface area contributed by atoms with Crippen molar-refractivity contribution >= 4 is 0 Å². The highest BCUT2D eigenvalue weighted by Gasteiger charge is 2.18. The van der Waals surface area contributed by atoms with Crippen molar-refractivity contribution in [2.45, 2.75) is 65.6 Å². The zero-order valence-electron chi connectivity index (χ0n) is 15.1. The third-order valence-corrected chi connectivity index (χ3v) is 4.25. The van der Waals surface area contributed by atoms with Gasteiger partial charge in [0.1, 0.15) is 0 Å². The van der Waals surface area contributed by atoms with Crippen molar-refractivity contribution in [1.82, 2.24) is 0 Å². The molecular formula is C19H32O3. The maximum absolute atomic E-state index is 6.11. The van der Waals surface area contributed by atoms with Crippen LogP contribution in [0.2, 0.25) is 0 Å². The molecule has 0 amide bonds. The summed E-state index contributed by atoms with van der Waals surface area (Å²) in [6.45, 7) is 9.51. The highest BCUT2D eigenvalue weighted by Crippen LogP contribution is 2.29. The van der Waals surface area contributed by atoms with Crippen molar-refractivity contribution in [3.8, 4) is 11.5 Å². The molecule has 0 heterocycles. The van der Waals surface area contributed by atoms with Gasteiger partial charge in [0.25, 0.3) is 0 Å². The third kappa shape index (κ3) is 6.27. The van der Waals surface area contributed by atoms with E-state index in [2.05, 4.69) is 27.7 Å². The summed E-state index contributed by atoms with van der Waals surface area (Å²) in [7, 11) is 3.30. The Bertz CT molecular complexity index is 440. The second-order valence-electron chi connectivity index (χ2n) is 6.64. The topological polar surface area (TPSA) is 27.7 Å². The number of benzene rings is 1. The Hall–Kier alpha value is -1.22. The number of ether oxygens (including phenoxy) is 3. The fourth-order valence-electron chi connectivity index (χ4n) is 2.40. The van der Waals surface area contributed by atoms with Crippen LogP contribution in [0.15, 0.2) is 18.2 Å². The van der Waals surface area contributed by atoms with Crippen LogP contribution in [0, 0.1) is 5.92 Å². The highest BCUT2D eigenvalue weighted by atomic mass is 16.5. The summed E-state index contributed by atoms with van der Waals surface area (Å²) < 4.78 is 16.7. The normalized spacial score (nSPS) is 13.0. The van der Waals surface area contributed by atoms with Gasteiger partial charge in [0, 0.05) is 0 Å². The minimum absolute atomic E-state index is 0.0966. The van der Waals surface area contributed by atoms with Crippen LogP contribution < -0.4 is 9.47 Å². The van der Waals surface area contributed by atoms with E-state index in [1.165, 1.54) is 19.3 Å². The van der Waals surface area contributed by atoms with Crippen LogP contribution in [0.3, 0.4) is 0 Å². The van der Waals surface area contributed by atoms with Gasteiger partial charge in [-0.2, -0.15) is 0 Å². The largest absolute Gasteiger partial charge is 0.493 e. The molecule has 0 spiro atoms. The fraction of sp³-hybridized carbons (Fsp3) is 0.684. The molecule has 22 heavy (non-hydrogen) atoms. The lowest BCUT2D eigenvalue weighted by Crippen LogP contribution is -2.24. The predicted molar refractivity (Wildman–Crippen MR) is 91.7 cm³/mol. The van der Waals surface area contributed by atoms with Crippen molar-refractivity contribution in [3.05, 3.63) is 23.8 Å². The lowest BCUT2D eigenvalue weighted by molar-refractivity contribution is -0.0369. The van der Waals surface area contributed by atoms with Gasteiger partial charge in [0.15, 0.2) is 11.5 Å². The lowest BCUT2D eigenvalue weighted by Gasteiger charge is -2.26. The Morgan fingerprint density at radius 3 is 2.36 bits per heavy atom. The first-order valence-corrected chi connectivity index (χ1v) is 8.26. The summed E-state index contributed by atoms with van der Waals surface area (Å²) in [4.78, 5) is 0. The maximum Gasteiger partial charge on any atom is 0.161 e. The minimum atomic E-state index is -0.0966. The van der Waals surface area contributed by atoms with Crippen LogP contribution in [0.5, 0.6) is 11.5 Å². The first kappa shape index (κ1) is 18.8. The van der Waals surface area contributed by atoms with E-state index in [9.17, 15) is 0 Å². The second-order valence-corrected chi connectivity index (χ2v) is 6.64.